The van der Waals surface area contributed by atoms with Crippen molar-refractivity contribution in [3.8, 4) is 5.75 Å². The molecule has 28 heavy (non-hydrogen) atoms. The summed E-state index contributed by atoms with van der Waals surface area (Å²) in [5.41, 5.74) is 4.45. The summed E-state index contributed by atoms with van der Waals surface area (Å²) in [6, 6.07) is 6.56. The fourth-order valence-electron chi connectivity index (χ4n) is 4.41. The van der Waals surface area contributed by atoms with Crippen molar-refractivity contribution < 1.29 is 4.74 Å². The third-order valence-electron chi connectivity index (χ3n) is 5.64. The van der Waals surface area contributed by atoms with E-state index in [1.807, 2.05) is 17.4 Å². The number of rotatable bonds is 5. The minimum Gasteiger partial charge on any atom is -0.489 e. The standard InChI is InChI=1S/C24H31ClOSSi/c1-9-10-26-21-19(24(4,5)6)13-18(25)14-20(21)28(7,8)23-15(2)11-17-12-16(3)27-22(17)23/h9,11-14,23H,1,10H2,2-8H3. The maximum Gasteiger partial charge on any atom is 0.122 e. The first-order chi connectivity index (χ1) is 13.0. The molecule has 0 N–H and O–H groups in total. The van der Waals surface area contributed by atoms with Gasteiger partial charge in [-0.3, -0.25) is 0 Å². The van der Waals surface area contributed by atoms with Gasteiger partial charge in [-0.1, -0.05) is 69.8 Å². The predicted molar refractivity (Wildman–Crippen MR) is 128 cm³/mol. The minimum absolute atomic E-state index is 0.0497. The molecule has 0 bridgehead atoms. The van der Waals surface area contributed by atoms with Crippen molar-refractivity contribution in [2.75, 3.05) is 6.61 Å². The molecule has 0 saturated heterocycles. The third-order valence-corrected chi connectivity index (χ3v) is 11.1. The smallest absolute Gasteiger partial charge is 0.122 e. The van der Waals surface area contributed by atoms with E-state index in [2.05, 4.69) is 78.6 Å². The first kappa shape index (κ1) is 21.4. The molecule has 1 nitrogen and oxygen atoms in total. The van der Waals surface area contributed by atoms with Gasteiger partial charge in [-0.2, -0.15) is 0 Å². The molecule has 1 aliphatic rings. The quantitative estimate of drug-likeness (QED) is 0.359. The second-order valence-electron chi connectivity index (χ2n) is 9.40. The molecular formula is C24H31ClOSSi. The zero-order valence-corrected chi connectivity index (χ0v) is 20.6. The molecular weight excluding hydrogens is 400 g/mol. The summed E-state index contributed by atoms with van der Waals surface area (Å²) in [6.45, 7) is 20.4. The first-order valence-corrected chi connectivity index (χ1v) is 14.1. The van der Waals surface area contributed by atoms with Gasteiger partial charge >= 0.3 is 0 Å². The molecule has 0 saturated carbocycles. The molecule has 0 radical (unpaired) electrons. The van der Waals surface area contributed by atoms with Crippen LogP contribution in [0.4, 0.5) is 0 Å². The second-order valence-corrected chi connectivity index (χ2v) is 15.7. The molecule has 0 fully saturated rings. The second kappa shape index (κ2) is 7.51. The number of benzene rings is 1. The summed E-state index contributed by atoms with van der Waals surface area (Å²) in [5.74, 6) is 1.02. The lowest BCUT2D eigenvalue weighted by Gasteiger charge is -2.35. The molecule has 1 aliphatic carbocycles. The Balaban J connectivity index is 2.22. The van der Waals surface area contributed by atoms with Gasteiger partial charge in [-0.05, 0) is 48.2 Å². The van der Waals surface area contributed by atoms with Crippen molar-refractivity contribution in [1.82, 2.24) is 0 Å². The van der Waals surface area contributed by atoms with Crippen molar-refractivity contribution in [3.63, 3.8) is 0 Å². The van der Waals surface area contributed by atoms with Gasteiger partial charge in [0.05, 0.1) is 8.07 Å². The Kier molecular flexibility index (Phi) is 5.75. The Labute approximate surface area is 180 Å². The molecule has 1 atom stereocenters. The SMILES string of the molecule is C=CCOc1c(C(C)(C)C)cc(Cl)cc1[Si](C)(C)C1C(C)=Cc2cc(C)sc21. The lowest BCUT2D eigenvalue weighted by molar-refractivity contribution is 0.354. The monoisotopic (exact) mass is 430 g/mol. The van der Waals surface area contributed by atoms with Crippen LogP contribution in [-0.2, 0) is 5.41 Å². The Morgan fingerprint density at radius 1 is 1.21 bits per heavy atom. The van der Waals surface area contributed by atoms with Crippen LogP contribution in [-0.4, -0.2) is 14.7 Å². The molecule has 150 valence electrons. The number of allylic oxidation sites excluding steroid dienone is 1. The summed E-state index contributed by atoms with van der Waals surface area (Å²) in [5, 5.41) is 2.11. The first-order valence-electron chi connectivity index (χ1n) is 9.83. The fraction of sp³-hybridized carbons (Fsp3) is 0.417. The fourth-order valence-corrected chi connectivity index (χ4v) is 10.5. The normalized spacial score (nSPS) is 16.7. The summed E-state index contributed by atoms with van der Waals surface area (Å²) < 4.78 is 6.32. The van der Waals surface area contributed by atoms with Gasteiger partial charge < -0.3 is 4.74 Å². The molecule has 0 aliphatic heterocycles. The highest BCUT2D eigenvalue weighted by molar-refractivity contribution is 7.13. The van der Waals surface area contributed by atoms with E-state index in [-0.39, 0.29) is 5.41 Å². The highest BCUT2D eigenvalue weighted by Crippen LogP contribution is 2.47. The van der Waals surface area contributed by atoms with Crippen molar-refractivity contribution in [1.29, 1.82) is 0 Å². The zero-order valence-electron chi connectivity index (χ0n) is 18.1. The lowest BCUT2D eigenvalue weighted by atomic mass is 9.86. The third kappa shape index (κ3) is 3.77. The van der Waals surface area contributed by atoms with Crippen LogP contribution in [0.15, 0.2) is 36.4 Å². The zero-order chi connectivity index (χ0) is 20.9. The Morgan fingerprint density at radius 2 is 1.89 bits per heavy atom. The molecule has 1 aromatic heterocycles. The summed E-state index contributed by atoms with van der Waals surface area (Å²) in [6.07, 6.45) is 4.19. The van der Waals surface area contributed by atoms with E-state index in [1.54, 1.807) is 0 Å². The highest BCUT2D eigenvalue weighted by atomic mass is 35.5. The number of halogens is 1. The van der Waals surface area contributed by atoms with Gasteiger partial charge in [0, 0.05) is 25.9 Å². The van der Waals surface area contributed by atoms with E-state index in [1.165, 1.54) is 31.6 Å². The summed E-state index contributed by atoms with van der Waals surface area (Å²) >= 11 is 8.59. The molecule has 1 heterocycles. The van der Waals surface area contributed by atoms with Crippen LogP contribution in [0.5, 0.6) is 5.75 Å². The van der Waals surface area contributed by atoms with Crippen molar-refractivity contribution in [2.24, 2.45) is 0 Å². The van der Waals surface area contributed by atoms with E-state index in [4.69, 9.17) is 16.3 Å². The lowest BCUT2D eigenvalue weighted by Crippen LogP contribution is -2.49. The van der Waals surface area contributed by atoms with Gasteiger partial charge in [0.1, 0.15) is 12.4 Å². The highest BCUT2D eigenvalue weighted by Gasteiger charge is 2.43. The minimum atomic E-state index is -1.99. The Hall–Kier alpha value is -1.29. The summed E-state index contributed by atoms with van der Waals surface area (Å²) in [4.78, 5) is 2.90. The number of hydrogen-bond acceptors (Lipinski definition) is 2. The predicted octanol–water partition coefficient (Wildman–Crippen LogP) is 7.23. The van der Waals surface area contributed by atoms with Crippen LogP contribution in [0.1, 0.15) is 54.1 Å². The Morgan fingerprint density at radius 3 is 2.50 bits per heavy atom. The average Bonchev–Trinajstić information content (AvgIpc) is 3.06. The number of thiophene rings is 1. The van der Waals surface area contributed by atoms with E-state index in [0.29, 0.717) is 12.1 Å². The molecule has 0 spiro atoms. The van der Waals surface area contributed by atoms with Gasteiger partial charge in [0.25, 0.3) is 0 Å². The topological polar surface area (TPSA) is 9.23 Å². The van der Waals surface area contributed by atoms with E-state index < -0.39 is 8.07 Å². The number of ether oxygens (including phenoxy) is 1. The number of aryl methyl sites for hydroxylation is 1. The summed E-state index contributed by atoms with van der Waals surface area (Å²) in [7, 11) is -1.99. The number of hydrogen-bond donors (Lipinski definition) is 0. The average molecular weight is 431 g/mol. The van der Waals surface area contributed by atoms with Crippen LogP contribution in [0.2, 0.25) is 18.1 Å². The molecule has 3 rings (SSSR count). The van der Waals surface area contributed by atoms with Crippen LogP contribution in [0.3, 0.4) is 0 Å². The van der Waals surface area contributed by atoms with E-state index in [9.17, 15) is 0 Å². The largest absolute Gasteiger partial charge is 0.489 e. The molecule has 0 amide bonds. The maximum absolute atomic E-state index is 6.65. The molecule has 1 aromatic carbocycles. The van der Waals surface area contributed by atoms with Crippen LogP contribution < -0.4 is 9.92 Å². The molecule has 2 aromatic rings. The van der Waals surface area contributed by atoms with Crippen LogP contribution in [0, 0.1) is 6.92 Å². The maximum atomic E-state index is 6.65. The molecule has 4 heteroatoms. The van der Waals surface area contributed by atoms with Crippen LogP contribution >= 0.6 is 22.9 Å². The van der Waals surface area contributed by atoms with Crippen molar-refractivity contribution in [3.05, 3.63) is 62.3 Å². The van der Waals surface area contributed by atoms with Gasteiger partial charge in [0.2, 0.25) is 0 Å². The van der Waals surface area contributed by atoms with Crippen molar-refractivity contribution in [2.45, 2.75) is 58.7 Å². The van der Waals surface area contributed by atoms with Gasteiger partial charge in [-0.25, -0.2) is 0 Å². The van der Waals surface area contributed by atoms with Gasteiger partial charge in [-0.15, -0.1) is 11.3 Å². The van der Waals surface area contributed by atoms with E-state index >= 15 is 0 Å². The van der Waals surface area contributed by atoms with Crippen LogP contribution in [0.25, 0.3) is 6.08 Å². The van der Waals surface area contributed by atoms with Gasteiger partial charge in [0.15, 0.2) is 0 Å². The Bertz CT molecular complexity index is 946. The molecule has 1 unspecified atom stereocenters. The van der Waals surface area contributed by atoms with E-state index in [0.717, 1.165) is 10.8 Å². The number of fused-ring (bicyclic) bond motifs is 1. The van der Waals surface area contributed by atoms with Crippen molar-refractivity contribution >= 4 is 42.3 Å².